The highest BCUT2D eigenvalue weighted by Crippen LogP contribution is 2.33. The van der Waals surface area contributed by atoms with Gasteiger partial charge in [0, 0.05) is 19.3 Å². The van der Waals surface area contributed by atoms with Gasteiger partial charge in [0.2, 0.25) is 0 Å². The zero-order valence-corrected chi connectivity index (χ0v) is 8.87. The smallest absolute Gasteiger partial charge is 0.0468 e. The van der Waals surface area contributed by atoms with Crippen LogP contribution in [-0.2, 0) is 4.74 Å². The number of rotatable bonds is 4. The minimum Gasteiger partial charge on any atom is -0.381 e. The molecule has 2 rings (SSSR count). The van der Waals surface area contributed by atoms with E-state index in [2.05, 4.69) is 5.43 Å². The summed E-state index contributed by atoms with van der Waals surface area (Å²) < 4.78 is 5.36. The van der Waals surface area contributed by atoms with Crippen molar-refractivity contribution in [2.24, 2.45) is 17.7 Å². The highest BCUT2D eigenvalue weighted by molar-refractivity contribution is 4.83. The van der Waals surface area contributed by atoms with E-state index in [1.807, 2.05) is 0 Å². The summed E-state index contributed by atoms with van der Waals surface area (Å²) in [6.07, 6.45) is 7.85. The molecule has 82 valence electrons. The van der Waals surface area contributed by atoms with Crippen molar-refractivity contribution in [2.75, 3.05) is 13.2 Å². The van der Waals surface area contributed by atoms with Crippen molar-refractivity contribution in [1.82, 2.24) is 5.43 Å². The quantitative estimate of drug-likeness (QED) is 0.531. The van der Waals surface area contributed by atoms with E-state index in [4.69, 9.17) is 10.6 Å². The first-order chi connectivity index (χ1) is 6.90. The molecule has 0 radical (unpaired) electrons. The van der Waals surface area contributed by atoms with Crippen LogP contribution in [0.1, 0.15) is 38.5 Å². The van der Waals surface area contributed by atoms with Crippen LogP contribution < -0.4 is 11.3 Å². The van der Waals surface area contributed by atoms with E-state index in [0.29, 0.717) is 6.04 Å². The lowest BCUT2D eigenvalue weighted by molar-refractivity contribution is 0.0546. The van der Waals surface area contributed by atoms with Crippen LogP contribution in [0.15, 0.2) is 0 Å². The summed E-state index contributed by atoms with van der Waals surface area (Å²) >= 11 is 0. The predicted molar refractivity (Wildman–Crippen MR) is 56.6 cm³/mol. The molecule has 3 heteroatoms. The van der Waals surface area contributed by atoms with Gasteiger partial charge in [-0.2, -0.15) is 0 Å². The molecule has 1 saturated carbocycles. The molecule has 14 heavy (non-hydrogen) atoms. The molecule has 0 aromatic carbocycles. The fourth-order valence-electron chi connectivity index (χ4n) is 2.58. The van der Waals surface area contributed by atoms with E-state index in [0.717, 1.165) is 25.0 Å². The summed E-state index contributed by atoms with van der Waals surface area (Å²) in [6.45, 7) is 1.90. The molecule has 1 atom stereocenters. The first-order valence-corrected chi connectivity index (χ1v) is 5.94. The molecule has 1 unspecified atom stereocenters. The van der Waals surface area contributed by atoms with Crippen molar-refractivity contribution in [2.45, 2.75) is 44.6 Å². The summed E-state index contributed by atoms with van der Waals surface area (Å²) in [7, 11) is 0. The maximum atomic E-state index is 5.62. The van der Waals surface area contributed by atoms with Gasteiger partial charge in [0.05, 0.1) is 0 Å². The standard InChI is InChI=1S/C11H22N2O/c12-13-11(10-2-1-3-10)8-9-4-6-14-7-5-9/h9-11,13H,1-8,12H2. The topological polar surface area (TPSA) is 47.3 Å². The number of hydrazine groups is 1. The molecule has 0 aromatic rings. The molecule has 2 aliphatic rings. The van der Waals surface area contributed by atoms with Crippen molar-refractivity contribution in [3.05, 3.63) is 0 Å². The first kappa shape index (κ1) is 10.4. The third-order valence-corrected chi connectivity index (χ3v) is 3.86. The minimum atomic E-state index is 0.562. The number of hydrogen-bond donors (Lipinski definition) is 2. The lowest BCUT2D eigenvalue weighted by Gasteiger charge is -2.36. The SMILES string of the molecule is NNC(CC1CCOCC1)C1CCC1. The van der Waals surface area contributed by atoms with Gasteiger partial charge in [-0.05, 0) is 43.9 Å². The highest BCUT2D eigenvalue weighted by atomic mass is 16.5. The molecule has 0 aromatic heterocycles. The van der Waals surface area contributed by atoms with Crippen LogP contribution in [0.5, 0.6) is 0 Å². The van der Waals surface area contributed by atoms with Crippen molar-refractivity contribution in [1.29, 1.82) is 0 Å². The Morgan fingerprint density at radius 2 is 1.93 bits per heavy atom. The van der Waals surface area contributed by atoms with Crippen molar-refractivity contribution >= 4 is 0 Å². The third kappa shape index (κ3) is 2.47. The van der Waals surface area contributed by atoms with Gasteiger partial charge in [0.1, 0.15) is 0 Å². The van der Waals surface area contributed by atoms with E-state index in [-0.39, 0.29) is 0 Å². The lowest BCUT2D eigenvalue weighted by atomic mass is 9.76. The first-order valence-electron chi connectivity index (χ1n) is 5.94. The highest BCUT2D eigenvalue weighted by Gasteiger charge is 2.29. The van der Waals surface area contributed by atoms with Crippen LogP contribution in [-0.4, -0.2) is 19.3 Å². The normalized spacial score (nSPS) is 27.2. The van der Waals surface area contributed by atoms with Crippen LogP contribution in [0.25, 0.3) is 0 Å². The molecule has 0 bridgehead atoms. The molecular weight excluding hydrogens is 176 g/mol. The second-order valence-electron chi connectivity index (χ2n) is 4.76. The molecule has 0 amide bonds. The van der Waals surface area contributed by atoms with Crippen LogP contribution in [0.3, 0.4) is 0 Å². The van der Waals surface area contributed by atoms with Crippen molar-refractivity contribution in [3.63, 3.8) is 0 Å². The number of nitrogens with one attached hydrogen (secondary N) is 1. The summed E-state index contributed by atoms with van der Waals surface area (Å²) in [5.74, 6) is 7.31. The second-order valence-corrected chi connectivity index (χ2v) is 4.76. The second kappa shape index (κ2) is 5.10. The van der Waals surface area contributed by atoms with Crippen LogP contribution in [0.4, 0.5) is 0 Å². The Hall–Kier alpha value is -0.120. The number of ether oxygens (including phenoxy) is 1. The molecule has 1 saturated heterocycles. The number of nitrogens with two attached hydrogens (primary N) is 1. The molecule has 0 spiro atoms. The molecule has 1 heterocycles. The van der Waals surface area contributed by atoms with Gasteiger partial charge in [0.25, 0.3) is 0 Å². The van der Waals surface area contributed by atoms with Crippen molar-refractivity contribution < 1.29 is 4.74 Å². The van der Waals surface area contributed by atoms with Gasteiger partial charge >= 0.3 is 0 Å². The molecule has 3 N–H and O–H groups in total. The van der Waals surface area contributed by atoms with Crippen LogP contribution >= 0.6 is 0 Å². The summed E-state index contributed by atoms with van der Waals surface area (Å²) in [5.41, 5.74) is 3.01. The minimum absolute atomic E-state index is 0.562. The third-order valence-electron chi connectivity index (χ3n) is 3.86. The van der Waals surface area contributed by atoms with E-state index in [1.165, 1.54) is 38.5 Å². The molecule has 1 aliphatic carbocycles. The van der Waals surface area contributed by atoms with Crippen LogP contribution in [0.2, 0.25) is 0 Å². The molecular formula is C11H22N2O. The van der Waals surface area contributed by atoms with Gasteiger partial charge in [-0.25, -0.2) is 0 Å². The average Bonchev–Trinajstić information content (AvgIpc) is 2.15. The van der Waals surface area contributed by atoms with Gasteiger partial charge in [-0.1, -0.05) is 6.42 Å². The zero-order valence-electron chi connectivity index (χ0n) is 8.87. The van der Waals surface area contributed by atoms with E-state index in [9.17, 15) is 0 Å². The zero-order chi connectivity index (χ0) is 9.80. The average molecular weight is 198 g/mol. The van der Waals surface area contributed by atoms with E-state index < -0.39 is 0 Å². The maximum Gasteiger partial charge on any atom is 0.0468 e. The summed E-state index contributed by atoms with van der Waals surface area (Å²) in [6, 6.07) is 0.562. The summed E-state index contributed by atoms with van der Waals surface area (Å²) in [5, 5.41) is 0. The Bertz CT molecular complexity index is 165. The largest absolute Gasteiger partial charge is 0.381 e. The summed E-state index contributed by atoms with van der Waals surface area (Å²) in [4.78, 5) is 0. The number of hydrogen-bond acceptors (Lipinski definition) is 3. The lowest BCUT2D eigenvalue weighted by Crippen LogP contribution is -2.45. The Morgan fingerprint density at radius 1 is 1.21 bits per heavy atom. The fourth-order valence-corrected chi connectivity index (χ4v) is 2.58. The molecule has 3 nitrogen and oxygen atoms in total. The monoisotopic (exact) mass is 198 g/mol. The van der Waals surface area contributed by atoms with E-state index >= 15 is 0 Å². The van der Waals surface area contributed by atoms with Gasteiger partial charge in [-0.15, -0.1) is 0 Å². The van der Waals surface area contributed by atoms with Gasteiger partial charge < -0.3 is 4.74 Å². The predicted octanol–water partition coefficient (Wildman–Crippen LogP) is 1.44. The fraction of sp³-hybridized carbons (Fsp3) is 1.00. The molecule has 1 aliphatic heterocycles. The van der Waals surface area contributed by atoms with Gasteiger partial charge in [-0.3, -0.25) is 11.3 Å². The van der Waals surface area contributed by atoms with Crippen LogP contribution in [0, 0.1) is 11.8 Å². The Balaban J connectivity index is 1.74. The Labute approximate surface area is 86.4 Å². The maximum absolute atomic E-state index is 5.62. The Morgan fingerprint density at radius 3 is 2.43 bits per heavy atom. The Kier molecular flexibility index (Phi) is 3.79. The van der Waals surface area contributed by atoms with Crippen molar-refractivity contribution in [3.8, 4) is 0 Å². The van der Waals surface area contributed by atoms with Gasteiger partial charge in [0.15, 0.2) is 0 Å². The van der Waals surface area contributed by atoms with E-state index in [1.54, 1.807) is 0 Å². The molecule has 2 fully saturated rings.